The molecule has 1 heterocycles. The molecule has 1 fully saturated rings. The number of carbonyl (C=O) groups excluding carboxylic acids is 2. The second kappa shape index (κ2) is 7.49. The highest BCUT2D eigenvalue weighted by Gasteiger charge is 2.31. The Labute approximate surface area is 138 Å². The second-order valence-electron chi connectivity index (χ2n) is 6.17. The fourth-order valence-electron chi connectivity index (χ4n) is 2.85. The fourth-order valence-corrected chi connectivity index (χ4v) is 2.85. The molecular weight excluding hydrogens is 290 g/mol. The molecule has 5 heteroatoms. The molecule has 0 N–H and O–H groups in total. The maximum Gasteiger partial charge on any atom is 0.325 e. The molecule has 0 aromatic heterocycles. The van der Waals surface area contributed by atoms with E-state index < -0.39 is 0 Å². The molecule has 0 bridgehead atoms. The lowest BCUT2D eigenvalue weighted by molar-refractivity contribution is -0.131. The Hall–Kier alpha value is -2.04. The Kier molecular flexibility index (Phi) is 5.64. The molecule has 0 aliphatic carbocycles. The highest BCUT2D eigenvalue weighted by molar-refractivity contribution is 5.96. The normalized spacial score (nSPS) is 14.7. The zero-order valence-electron chi connectivity index (χ0n) is 14.6. The van der Waals surface area contributed by atoms with Gasteiger partial charge in [-0.1, -0.05) is 26.0 Å². The molecule has 0 saturated carbocycles. The molecule has 0 unspecified atom stereocenters. The summed E-state index contributed by atoms with van der Waals surface area (Å²) < 4.78 is 0. The van der Waals surface area contributed by atoms with Crippen molar-refractivity contribution in [3.05, 3.63) is 29.8 Å². The van der Waals surface area contributed by atoms with Crippen LogP contribution in [0.4, 0.5) is 10.5 Å². The molecule has 5 nitrogen and oxygen atoms in total. The number of carbonyl (C=O) groups is 2. The minimum atomic E-state index is -0.0807. The van der Waals surface area contributed by atoms with Crippen LogP contribution in [0.2, 0.25) is 0 Å². The van der Waals surface area contributed by atoms with Crippen LogP contribution in [0.15, 0.2) is 24.3 Å². The highest BCUT2D eigenvalue weighted by atomic mass is 16.2. The Bertz CT molecular complexity index is 550. The summed E-state index contributed by atoms with van der Waals surface area (Å²) in [5.41, 5.74) is 2.16. The third-order valence-electron chi connectivity index (χ3n) is 4.41. The second-order valence-corrected chi connectivity index (χ2v) is 6.17. The molecule has 1 aliphatic heterocycles. The highest BCUT2D eigenvalue weighted by Crippen LogP contribution is 2.23. The minimum Gasteiger partial charge on any atom is -0.342 e. The van der Waals surface area contributed by atoms with Crippen molar-refractivity contribution >= 4 is 17.6 Å². The molecule has 0 radical (unpaired) electrons. The van der Waals surface area contributed by atoms with E-state index in [0.717, 1.165) is 5.69 Å². The van der Waals surface area contributed by atoms with Gasteiger partial charge in [-0.3, -0.25) is 9.69 Å². The maximum atomic E-state index is 12.5. The van der Waals surface area contributed by atoms with Crippen molar-refractivity contribution in [2.45, 2.75) is 33.6 Å². The maximum absolute atomic E-state index is 12.5. The fraction of sp³-hybridized carbons (Fsp3) is 0.556. The molecule has 1 saturated heterocycles. The van der Waals surface area contributed by atoms with Gasteiger partial charge < -0.3 is 9.80 Å². The van der Waals surface area contributed by atoms with Crippen LogP contribution in [0, 0.1) is 0 Å². The van der Waals surface area contributed by atoms with E-state index in [4.69, 9.17) is 0 Å². The molecule has 23 heavy (non-hydrogen) atoms. The number of anilines is 1. The predicted molar refractivity (Wildman–Crippen MR) is 92.8 cm³/mol. The third kappa shape index (κ3) is 3.84. The number of likely N-dealkylation sites (N-methyl/N-ethyl adjacent to an activating group) is 1. The van der Waals surface area contributed by atoms with Crippen LogP contribution in [0.3, 0.4) is 0 Å². The van der Waals surface area contributed by atoms with Gasteiger partial charge in [0.2, 0.25) is 5.91 Å². The van der Waals surface area contributed by atoms with Gasteiger partial charge in [-0.25, -0.2) is 4.79 Å². The molecule has 2 rings (SSSR count). The Morgan fingerprint density at radius 1 is 1.13 bits per heavy atom. The first kappa shape index (κ1) is 17.3. The molecule has 0 atom stereocenters. The number of nitrogens with zero attached hydrogens (tertiary/aromatic N) is 3. The molecule has 3 amide bonds. The van der Waals surface area contributed by atoms with Gasteiger partial charge in [0.25, 0.3) is 0 Å². The molecule has 0 spiro atoms. The van der Waals surface area contributed by atoms with Crippen molar-refractivity contribution < 1.29 is 9.59 Å². The van der Waals surface area contributed by atoms with E-state index in [9.17, 15) is 9.59 Å². The number of amides is 3. The smallest absolute Gasteiger partial charge is 0.325 e. The van der Waals surface area contributed by atoms with Crippen LogP contribution in [0.5, 0.6) is 0 Å². The van der Waals surface area contributed by atoms with Crippen molar-refractivity contribution in [1.82, 2.24) is 9.80 Å². The first-order chi connectivity index (χ1) is 11.0. The van der Waals surface area contributed by atoms with E-state index in [1.165, 1.54) is 5.56 Å². The number of hydrogen-bond acceptors (Lipinski definition) is 2. The standard InChI is InChI=1S/C18H27N3O2/c1-5-19(6-2)17(22)13-20-11-12-21(18(20)23)16-9-7-15(8-10-16)14(3)4/h7-10,14H,5-6,11-13H2,1-4H3. The summed E-state index contributed by atoms with van der Waals surface area (Å²) in [5.74, 6) is 0.488. The SMILES string of the molecule is CCN(CC)C(=O)CN1CCN(c2ccc(C(C)C)cc2)C1=O. The number of hydrogen-bond donors (Lipinski definition) is 0. The van der Waals surface area contributed by atoms with E-state index in [2.05, 4.69) is 26.0 Å². The van der Waals surface area contributed by atoms with E-state index in [1.807, 2.05) is 26.0 Å². The monoisotopic (exact) mass is 317 g/mol. The first-order valence-corrected chi connectivity index (χ1v) is 8.42. The molecule has 1 aromatic carbocycles. The average molecular weight is 317 g/mol. The quantitative estimate of drug-likeness (QED) is 0.810. The summed E-state index contributed by atoms with van der Waals surface area (Å²) >= 11 is 0. The summed E-state index contributed by atoms with van der Waals surface area (Å²) in [4.78, 5) is 29.9. The summed E-state index contributed by atoms with van der Waals surface area (Å²) in [6.45, 7) is 11.0. The third-order valence-corrected chi connectivity index (χ3v) is 4.41. The molecule has 126 valence electrons. The molecule has 1 aliphatic rings. The zero-order valence-corrected chi connectivity index (χ0v) is 14.6. The van der Waals surface area contributed by atoms with Crippen LogP contribution in [-0.4, -0.2) is 54.5 Å². The summed E-state index contributed by atoms with van der Waals surface area (Å²) in [6.07, 6.45) is 0. The van der Waals surface area contributed by atoms with Crippen LogP contribution < -0.4 is 4.90 Å². The summed E-state index contributed by atoms with van der Waals surface area (Å²) in [6, 6.07) is 8.03. The van der Waals surface area contributed by atoms with Gasteiger partial charge in [0, 0.05) is 31.9 Å². The van der Waals surface area contributed by atoms with Crippen LogP contribution in [0.25, 0.3) is 0 Å². The van der Waals surface area contributed by atoms with Crippen molar-refractivity contribution in [2.75, 3.05) is 37.6 Å². The number of benzene rings is 1. The van der Waals surface area contributed by atoms with Crippen molar-refractivity contribution in [3.63, 3.8) is 0 Å². The lowest BCUT2D eigenvalue weighted by atomic mass is 10.0. The van der Waals surface area contributed by atoms with E-state index in [0.29, 0.717) is 32.1 Å². The summed E-state index contributed by atoms with van der Waals surface area (Å²) in [5, 5.41) is 0. The Morgan fingerprint density at radius 2 is 1.74 bits per heavy atom. The van der Waals surface area contributed by atoms with Gasteiger partial charge >= 0.3 is 6.03 Å². The average Bonchev–Trinajstić information content (AvgIpc) is 2.89. The summed E-state index contributed by atoms with van der Waals surface area (Å²) in [7, 11) is 0. The van der Waals surface area contributed by atoms with Gasteiger partial charge in [-0.15, -0.1) is 0 Å². The largest absolute Gasteiger partial charge is 0.342 e. The molecular formula is C18H27N3O2. The van der Waals surface area contributed by atoms with E-state index in [1.54, 1.807) is 14.7 Å². The van der Waals surface area contributed by atoms with Crippen LogP contribution in [0.1, 0.15) is 39.2 Å². The topological polar surface area (TPSA) is 43.9 Å². The lowest BCUT2D eigenvalue weighted by Crippen LogP contribution is -2.42. The molecule has 1 aromatic rings. The van der Waals surface area contributed by atoms with Gasteiger partial charge in [-0.05, 0) is 37.5 Å². The van der Waals surface area contributed by atoms with Crippen LogP contribution >= 0.6 is 0 Å². The van der Waals surface area contributed by atoms with E-state index >= 15 is 0 Å². The van der Waals surface area contributed by atoms with E-state index in [-0.39, 0.29) is 18.5 Å². The zero-order chi connectivity index (χ0) is 17.0. The number of rotatable bonds is 6. The van der Waals surface area contributed by atoms with Gasteiger partial charge in [0.1, 0.15) is 6.54 Å². The van der Waals surface area contributed by atoms with Crippen LogP contribution in [-0.2, 0) is 4.79 Å². The van der Waals surface area contributed by atoms with Gasteiger partial charge in [0.15, 0.2) is 0 Å². The van der Waals surface area contributed by atoms with Crippen molar-refractivity contribution in [2.24, 2.45) is 0 Å². The van der Waals surface area contributed by atoms with Gasteiger partial charge in [0.05, 0.1) is 0 Å². The van der Waals surface area contributed by atoms with Crippen molar-refractivity contribution in [1.29, 1.82) is 0 Å². The predicted octanol–water partition coefficient (Wildman–Crippen LogP) is 2.92. The Morgan fingerprint density at radius 3 is 2.26 bits per heavy atom. The lowest BCUT2D eigenvalue weighted by Gasteiger charge is -2.23. The first-order valence-electron chi connectivity index (χ1n) is 8.42. The minimum absolute atomic E-state index is 0.0142. The van der Waals surface area contributed by atoms with Gasteiger partial charge in [-0.2, -0.15) is 0 Å². The Balaban J connectivity index is 2.02. The van der Waals surface area contributed by atoms with Crippen molar-refractivity contribution in [3.8, 4) is 0 Å². The number of urea groups is 1.